The second-order valence-corrected chi connectivity index (χ2v) is 14.2. The summed E-state index contributed by atoms with van der Waals surface area (Å²) in [5.74, 6) is 1.13. The molecule has 51 heavy (non-hydrogen) atoms. The van der Waals surface area contributed by atoms with Crippen molar-refractivity contribution in [1.82, 2.24) is 4.90 Å². The summed E-state index contributed by atoms with van der Waals surface area (Å²) in [5, 5.41) is 15.4. The van der Waals surface area contributed by atoms with E-state index in [4.69, 9.17) is 18.9 Å². The molecule has 2 amide bonds. The highest BCUT2D eigenvalue weighted by Crippen LogP contribution is 2.43. The van der Waals surface area contributed by atoms with Crippen LogP contribution in [0.2, 0.25) is 0 Å². The molecular weight excluding hydrogens is 646 g/mol. The Morgan fingerprint density at radius 3 is 2.25 bits per heavy atom. The van der Waals surface area contributed by atoms with Crippen LogP contribution in [0.5, 0.6) is 11.5 Å². The number of likely N-dealkylation sites (tertiary alicyclic amines) is 1. The van der Waals surface area contributed by atoms with Crippen LogP contribution in [0.15, 0.2) is 103 Å². The number of aliphatic hydroxyl groups is 1. The van der Waals surface area contributed by atoms with Crippen LogP contribution in [0.25, 0.3) is 0 Å². The lowest BCUT2D eigenvalue weighted by molar-refractivity contribution is -0.276. The van der Waals surface area contributed by atoms with E-state index >= 15 is 0 Å². The summed E-state index contributed by atoms with van der Waals surface area (Å²) < 4.78 is 25.0. The molecule has 2 heterocycles. The summed E-state index contributed by atoms with van der Waals surface area (Å²) in [4.78, 5) is 28.3. The first-order valence-corrected chi connectivity index (χ1v) is 17.5. The fraction of sp³-hybridized carbons (Fsp3) is 0.366. The highest BCUT2D eigenvalue weighted by molar-refractivity contribution is 5.99. The Kier molecular flexibility index (Phi) is 11.4. The normalized spacial score (nSPS) is 22.3. The first kappa shape index (κ1) is 36.1. The van der Waals surface area contributed by atoms with Crippen molar-refractivity contribution >= 4 is 23.4 Å². The molecule has 2 aliphatic heterocycles. The second-order valence-electron chi connectivity index (χ2n) is 14.2. The van der Waals surface area contributed by atoms with Crippen molar-refractivity contribution in [2.75, 3.05) is 23.7 Å². The van der Waals surface area contributed by atoms with Crippen LogP contribution in [0, 0.1) is 5.92 Å². The van der Waals surface area contributed by atoms with Crippen LogP contribution in [0.1, 0.15) is 69.6 Å². The number of carbonyl (C=O) groups is 2. The number of esters is 1. The number of aliphatic hydroxyl groups excluding tert-OH is 1. The van der Waals surface area contributed by atoms with Crippen LogP contribution >= 0.6 is 0 Å². The van der Waals surface area contributed by atoms with Crippen LogP contribution in [0.4, 0.5) is 16.2 Å². The van der Waals surface area contributed by atoms with Gasteiger partial charge in [0.05, 0.1) is 18.8 Å². The molecule has 10 heteroatoms. The van der Waals surface area contributed by atoms with Gasteiger partial charge in [0, 0.05) is 29.4 Å². The molecular formula is C41H47N3O7. The van der Waals surface area contributed by atoms with Gasteiger partial charge < -0.3 is 34.7 Å². The van der Waals surface area contributed by atoms with Gasteiger partial charge in [-0.2, -0.15) is 0 Å². The third kappa shape index (κ3) is 9.53. The smallest absolute Gasteiger partial charge is 0.323 e. The standard InChI is InChI=1S/C41H47N3O7/c1-27-36(25-44-23-9-14-35(44)38(46)51-41(2,3)4)49-39(50-37(27)29-17-15-28(26-45)16-18-29)30-10-8-11-32(24-30)43-40(47)42-31-19-21-34(22-20-31)48-33-12-6-5-7-13-33/h5-8,10-13,15-22,24,27,35-37,39,45H,9,14,23,25-26H2,1-4H3,(H2,42,43,47). The van der Waals surface area contributed by atoms with Crippen LogP contribution in [-0.2, 0) is 25.6 Å². The molecule has 5 unspecified atom stereocenters. The fourth-order valence-corrected chi connectivity index (χ4v) is 6.53. The number of nitrogens with one attached hydrogen (secondary N) is 2. The lowest BCUT2D eigenvalue weighted by Gasteiger charge is -2.43. The first-order chi connectivity index (χ1) is 24.5. The SMILES string of the molecule is CC1C(CN2CCCC2C(=O)OC(C)(C)C)OC(c2cccc(NC(=O)Nc3ccc(Oc4ccccc4)cc3)c2)OC1c1ccc(CO)cc1. The zero-order valence-corrected chi connectivity index (χ0v) is 29.6. The predicted octanol–water partition coefficient (Wildman–Crippen LogP) is 8.21. The Labute approximate surface area is 299 Å². The van der Waals surface area contributed by atoms with Gasteiger partial charge >= 0.3 is 12.0 Å². The van der Waals surface area contributed by atoms with Crippen molar-refractivity contribution in [2.24, 2.45) is 5.92 Å². The number of hydrogen-bond acceptors (Lipinski definition) is 8. The molecule has 2 saturated heterocycles. The molecule has 0 spiro atoms. The van der Waals surface area contributed by atoms with Crippen molar-refractivity contribution in [3.63, 3.8) is 0 Å². The number of urea groups is 1. The number of ether oxygens (including phenoxy) is 4. The monoisotopic (exact) mass is 693 g/mol. The van der Waals surface area contributed by atoms with E-state index in [9.17, 15) is 14.7 Å². The van der Waals surface area contributed by atoms with Gasteiger partial charge in [0.25, 0.3) is 0 Å². The van der Waals surface area contributed by atoms with Gasteiger partial charge in [-0.05, 0) is 99.8 Å². The number of benzene rings is 4. The summed E-state index contributed by atoms with van der Waals surface area (Å²) in [5.41, 5.74) is 3.15. The minimum Gasteiger partial charge on any atom is -0.459 e. The largest absolute Gasteiger partial charge is 0.459 e. The molecule has 268 valence electrons. The molecule has 3 N–H and O–H groups in total. The lowest BCUT2D eigenvalue weighted by atomic mass is 9.90. The average Bonchev–Trinajstić information content (AvgIpc) is 3.58. The Hall–Kier alpha value is -4.74. The zero-order chi connectivity index (χ0) is 36.0. The molecule has 6 rings (SSSR count). The highest BCUT2D eigenvalue weighted by atomic mass is 16.7. The summed E-state index contributed by atoms with van der Waals surface area (Å²) in [7, 11) is 0. The molecule has 0 bridgehead atoms. The number of anilines is 2. The highest BCUT2D eigenvalue weighted by Gasteiger charge is 2.42. The second kappa shape index (κ2) is 16.1. The van der Waals surface area contributed by atoms with Gasteiger partial charge in [-0.15, -0.1) is 0 Å². The lowest BCUT2D eigenvalue weighted by Crippen LogP contribution is -2.48. The Bertz CT molecular complexity index is 1760. The number of rotatable bonds is 10. The minimum atomic E-state index is -0.738. The van der Waals surface area contributed by atoms with Crippen molar-refractivity contribution in [3.8, 4) is 11.5 Å². The van der Waals surface area contributed by atoms with Gasteiger partial charge in [-0.25, -0.2) is 4.79 Å². The number of carbonyl (C=O) groups excluding carboxylic acids is 2. The maximum atomic E-state index is 13.2. The maximum Gasteiger partial charge on any atom is 0.323 e. The van der Waals surface area contributed by atoms with Gasteiger partial charge in [0.1, 0.15) is 23.1 Å². The summed E-state index contributed by atoms with van der Waals surface area (Å²) in [6, 6.07) is 31.1. The molecule has 0 aromatic heterocycles. The quantitative estimate of drug-likeness (QED) is 0.142. The van der Waals surface area contributed by atoms with E-state index in [0.29, 0.717) is 23.7 Å². The van der Waals surface area contributed by atoms with Gasteiger partial charge in [-0.1, -0.05) is 61.5 Å². The first-order valence-electron chi connectivity index (χ1n) is 17.5. The topological polar surface area (TPSA) is 119 Å². The van der Waals surface area contributed by atoms with Crippen molar-refractivity contribution in [1.29, 1.82) is 0 Å². The van der Waals surface area contributed by atoms with E-state index in [1.807, 2.05) is 99.6 Å². The van der Waals surface area contributed by atoms with Crippen molar-refractivity contribution in [2.45, 2.75) is 77.3 Å². The molecule has 5 atom stereocenters. The summed E-state index contributed by atoms with van der Waals surface area (Å²) in [6.07, 6.45) is 0.307. The van der Waals surface area contributed by atoms with E-state index in [2.05, 4.69) is 22.5 Å². The molecule has 2 aliphatic rings. The summed E-state index contributed by atoms with van der Waals surface area (Å²) >= 11 is 0. The molecule has 4 aromatic carbocycles. The van der Waals surface area contributed by atoms with E-state index in [0.717, 1.165) is 41.8 Å². The molecule has 2 fully saturated rings. The fourth-order valence-electron chi connectivity index (χ4n) is 6.53. The van der Waals surface area contributed by atoms with Crippen LogP contribution in [0.3, 0.4) is 0 Å². The third-order valence-electron chi connectivity index (χ3n) is 9.09. The number of amides is 2. The molecule has 0 radical (unpaired) electrons. The number of nitrogens with zero attached hydrogens (tertiary/aromatic N) is 1. The van der Waals surface area contributed by atoms with Gasteiger partial charge in [-0.3, -0.25) is 9.69 Å². The predicted molar refractivity (Wildman–Crippen MR) is 195 cm³/mol. The van der Waals surface area contributed by atoms with E-state index in [-0.39, 0.29) is 36.7 Å². The summed E-state index contributed by atoms with van der Waals surface area (Å²) in [6.45, 7) is 9.03. The number of hydrogen-bond donors (Lipinski definition) is 3. The van der Waals surface area contributed by atoms with Crippen molar-refractivity contribution < 1.29 is 33.6 Å². The van der Waals surface area contributed by atoms with Gasteiger partial charge in [0.2, 0.25) is 0 Å². The number of para-hydroxylation sites is 1. The molecule has 4 aromatic rings. The van der Waals surface area contributed by atoms with Crippen molar-refractivity contribution in [3.05, 3.63) is 120 Å². The molecule has 0 aliphatic carbocycles. The minimum absolute atomic E-state index is 0.0436. The molecule has 0 saturated carbocycles. The molecule has 10 nitrogen and oxygen atoms in total. The average molecular weight is 694 g/mol. The Morgan fingerprint density at radius 1 is 0.843 bits per heavy atom. The Morgan fingerprint density at radius 2 is 1.55 bits per heavy atom. The van der Waals surface area contributed by atoms with E-state index < -0.39 is 17.9 Å². The zero-order valence-electron chi connectivity index (χ0n) is 29.6. The Balaban J connectivity index is 1.16. The van der Waals surface area contributed by atoms with Crippen LogP contribution < -0.4 is 15.4 Å². The van der Waals surface area contributed by atoms with Crippen LogP contribution in [-0.4, -0.2) is 52.8 Å². The third-order valence-corrected chi connectivity index (χ3v) is 9.09. The van der Waals surface area contributed by atoms with E-state index in [1.54, 1.807) is 24.3 Å². The maximum absolute atomic E-state index is 13.2. The van der Waals surface area contributed by atoms with Gasteiger partial charge in [0.15, 0.2) is 6.29 Å². The van der Waals surface area contributed by atoms with E-state index in [1.165, 1.54) is 0 Å².